The van der Waals surface area contributed by atoms with Gasteiger partial charge in [0.2, 0.25) is 0 Å². The molecule has 0 saturated carbocycles. The summed E-state index contributed by atoms with van der Waals surface area (Å²) in [5.74, 6) is 0.855. The van der Waals surface area contributed by atoms with E-state index in [0.29, 0.717) is 6.04 Å². The SMILES string of the molecule is CC[C@@H]1CN(C[C@H](O)CN2CCC(C)CC2)CCN1CCOC. The Bertz CT molecular complexity index is 321. The maximum atomic E-state index is 10.5. The van der Waals surface area contributed by atoms with Crippen LogP contribution in [-0.4, -0.2) is 98.0 Å². The molecule has 0 aromatic carbocycles. The van der Waals surface area contributed by atoms with Crippen molar-refractivity contribution in [2.45, 2.75) is 45.3 Å². The molecule has 1 N–H and O–H groups in total. The summed E-state index contributed by atoms with van der Waals surface area (Å²) in [5, 5.41) is 10.5. The van der Waals surface area contributed by atoms with Gasteiger partial charge in [0.15, 0.2) is 0 Å². The van der Waals surface area contributed by atoms with Crippen molar-refractivity contribution in [1.29, 1.82) is 0 Å². The van der Waals surface area contributed by atoms with Crippen LogP contribution in [0.3, 0.4) is 0 Å². The van der Waals surface area contributed by atoms with Crippen LogP contribution in [-0.2, 0) is 4.74 Å². The van der Waals surface area contributed by atoms with Crippen molar-refractivity contribution in [2.75, 3.05) is 66.1 Å². The van der Waals surface area contributed by atoms with Crippen molar-refractivity contribution in [3.8, 4) is 0 Å². The number of hydrogen-bond donors (Lipinski definition) is 1. The highest BCUT2D eigenvalue weighted by Gasteiger charge is 2.27. The standard InChI is InChI=1S/C18H37N3O2/c1-4-17-13-20(9-10-21(17)11-12-23-3)15-18(22)14-19-7-5-16(2)6-8-19/h16-18,22H,4-15H2,1-3H3/t17-,18-/m1/s1. The van der Waals surface area contributed by atoms with Crippen LogP contribution < -0.4 is 0 Å². The lowest BCUT2D eigenvalue weighted by Crippen LogP contribution is -2.55. The van der Waals surface area contributed by atoms with Gasteiger partial charge < -0.3 is 14.7 Å². The van der Waals surface area contributed by atoms with E-state index >= 15 is 0 Å². The fourth-order valence-corrected chi connectivity index (χ4v) is 3.91. The molecule has 2 rings (SSSR count). The largest absolute Gasteiger partial charge is 0.390 e. The maximum absolute atomic E-state index is 10.5. The summed E-state index contributed by atoms with van der Waals surface area (Å²) in [7, 11) is 1.77. The molecule has 2 fully saturated rings. The number of methoxy groups -OCH3 is 1. The van der Waals surface area contributed by atoms with Gasteiger partial charge in [0.05, 0.1) is 12.7 Å². The van der Waals surface area contributed by atoms with Crippen LogP contribution in [0.5, 0.6) is 0 Å². The minimum atomic E-state index is -0.216. The van der Waals surface area contributed by atoms with E-state index in [1.807, 2.05) is 0 Å². The molecule has 0 spiro atoms. The topological polar surface area (TPSA) is 39.2 Å². The minimum absolute atomic E-state index is 0.216. The number of aliphatic hydroxyl groups excluding tert-OH is 1. The van der Waals surface area contributed by atoms with E-state index in [9.17, 15) is 5.11 Å². The molecule has 2 heterocycles. The van der Waals surface area contributed by atoms with E-state index in [2.05, 4.69) is 28.5 Å². The molecule has 136 valence electrons. The highest BCUT2D eigenvalue weighted by atomic mass is 16.5. The third-order valence-electron chi connectivity index (χ3n) is 5.56. The third-order valence-corrected chi connectivity index (χ3v) is 5.56. The molecule has 0 aliphatic carbocycles. The van der Waals surface area contributed by atoms with Gasteiger partial charge in [0, 0.05) is 52.4 Å². The molecule has 0 unspecified atom stereocenters. The molecule has 0 aromatic rings. The van der Waals surface area contributed by atoms with Crippen LogP contribution >= 0.6 is 0 Å². The van der Waals surface area contributed by atoms with E-state index < -0.39 is 0 Å². The molecule has 2 aliphatic rings. The van der Waals surface area contributed by atoms with E-state index in [4.69, 9.17) is 4.74 Å². The summed E-state index contributed by atoms with van der Waals surface area (Å²) < 4.78 is 5.22. The highest BCUT2D eigenvalue weighted by molar-refractivity contribution is 4.83. The van der Waals surface area contributed by atoms with Crippen molar-refractivity contribution in [2.24, 2.45) is 5.92 Å². The number of piperidine rings is 1. The normalized spacial score (nSPS) is 27.4. The summed E-state index contributed by atoms with van der Waals surface area (Å²) in [5.41, 5.74) is 0. The molecular weight excluding hydrogens is 290 g/mol. The Labute approximate surface area is 142 Å². The Hall–Kier alpha value is -0.200. The second-order valence-electron chi connectivity index (χ2n) is 7.49. The van der Waals surface area contributed by atoms with Gasteiger partial charge in [-0.25, -0.2) is 0 Å². The first-order valence-electron chi connectivity index (χ1n) is 9.48. The van der Waals surface area contributed by atoms with Gasteiger partial charge in [0.1, 0.15) is 0 Å². The number of β-amino-alcohol motifs (C(OH)–C–C–N with tert-alkyl or cyclic N) is 1. The van der Waals surface area contributed by atoms with Gasteiger partial charge >= 0.3 is 0 Å². The number of likely N-dealkylation sites (tertiary alicyclic amines) is 1. The predicted molar refractivity (Wildman–Crippen MR) is 94.8 cm³/mol. The molecule has 0 bridgehead atoms. The van der Waals surface area contributed by atoms with Gasteiger partial charge in [-0.1, -0.05) is 13.8 Å². The minimum Gasteiger partial charge on any atom is -0.390 e. The van der Waals surface area contributed by atoms with Crippen LogP contribution in [0, 0.1) is 5.92 Å². The first-order chi connectivity index (χ1) is 11.1. The van der Waals surface area contributed by atoms with Crippen molar-refractivity contribution >= 4 is 0 Å². The van der Waals surface area contributed by atoms with Crippen LogP contribution in [0.25, 0.3) is 0 Å². The number of rotatable bonds is 8. The molecule has 5 heteroatoms. The van der Waals surface area contributed by atoms with E-state index in [1.165, 1.54) is 19.3 Å². The van der Waals surface area contributed by atoms with E-state index in [-0.39, 0.29) is 6.10 Å². The summed E-state index contributed by atoms with van der Waals surface area (Å²) in [4.78, 5) is 7.43. The number of nitrogens with zero attached hydrogens (tertiary/aromatic N) is 3. The smallest absolute Gasteiger partial charge is 0.0793 e. The second kappa shape index (κ2) is 9.94. The van der Waals surface area contributed by atoms with Crippen LogP contribution in [0.2, 0.25) is 0 Å². The summed E-state index contributed by atoms with van der Waals surface area (Å²) >= 11 is 0. The molecule has 0 amide bonds. The monoisotopic (exact) mass is 327 g/mol. The van der Waals surface area contributed by atoms with E-state index in [1.54, 1.807) is 7.11 Å². The molecule has 0 aromatic heterocycles. The molecule has 2 aliphatic heterocycles. The zero-order valence-corrected chi connectivity index (χ0v) is 15.4. The fourth-order valence-electron chi connectivity index (χ4n) is 3.91. The lowest BCUT2D eigenvalue weighted by molar-refractivity contribution is 0.0142. The first kappa shape index (κ1) is 19.1. The predicted octanol–water partition coefficient (Wildman–Crippen LogP) is 1.12. The molecule has 0 radical (unpaired) electrons. The van der Waals surface area contributed by atoms with Gasteiger partial charge in [-0.3, -0.25) is 9.80 Å². The summed E-state index contributed by atoms with van der Waals surface area (Å²) in [6.45, 7) is 13.6. The van der Waals surface area contributed by atoms with Crippen molar-refractivity contribution < 1.29 is 9.84 Å². The lowest BCUT2D eigenvalue weighted by Gasteiger charge is -2.42. The van der Waals surface area contributed by atoms with Gasteiger partial charge in [-0.05, 0) is 38.3 Å². The highest BCUT2D eigenvalue weighted by Crippen LogP contribution is 2.17. The Kier molecular flexibility index (Phi) is 8.27. The zero-order chi connectivity index (χ0) is 16.7. The molecule has 23 heavy (non-hydrogen) atoms. The number of ether oxygens (including phenoxy) is 1. The Morgan fingerprint density at radius 3 is 2.43 bits per heavy atom. The molecule has 5 nitrogen and oxygen atoms in total. The number of piperazine rings is 1. The van der Waals surface area contributed by atoms with Crippen molar-refractivity contribution in [3.05, 3.63) is 0 Å². The maximum Gasteiger partial charge on any atom is 0.0793 e. The van der Waals surface area contributed by atoms with Gasteiger partial charge in [-0.15, -0.1) is 0 Å². The lowest BCUT2D eigenvalue weighted by atomic mass is 9.99. The first-order valence-corrected chi connectivity index (χ1v) is 9.48. The van der Waals surface area contributed by atoms with Gasteiger partial charge in [-0.2, -0.15) is 0 Å². The molecule has 2 saturated heterocycles. The van der Waals surface area contributed by atoms with Crippen molar-refractivity contribution in [1.82, 2.24) is 14.7 Å². The number of hydrogen-bond acceptors (Lipinski definition) is 5. The van der Waals surface area contributed by atoms with Crippen molar-refractivity contribution in [3.63, 3.8) is 0 Å². The average Bonchev–Trinajstić information content (AvgIpc) is 2.55. The van der Waals surface area contributed by atoms with Crippen LogP contribution in [0.15, 0.2) is 0 Å². The summed E-state index contributed by atoms with van der Waals surface area (Å²) in [6.07, 6.45) is 3.51. The molecule has 2 atom stereocenters. The fraction of sp³-hybridized carbons (Fsp3) is 1.00. The third kappa shape index (κ3) is 6.31. The van der Waals surface area contributed by atoms with Crippen LogP contribution in [0.1, 0.15) is 33.1 Å². The van der Waals surface area contributed by atoms with Crippen LogP contribution in [0.4, 0.5) is 0 Å². The van der Waals surface area contributed by atoms with E-state index in [0.717, 1.165) is 64.9 Å². The Morgan fingerprint density at radius 1 is 1.09 bits per heavy atom. The Morgan fingerprint density at radius 2 is 1.78 bits per heavy atom. The average molecular weight is 328 g/mol. The summed E-state index contributed by atoms with van der Waals surface area (Å²) in [6, 6.07) is 0.599. The van der Waals surface area contributed by atoms with Gasteiger partial charge in [0.25, 0.3) is 0 Å². The Balaban J connectivity index is 1.70. The number of aliphatic hydroxyl groups is 1. The zero-order valence-electron chi connectivity index (χ0n) is 15.4. The molecular formula is C18H37N3O2. The quantitative estimate of drug-likeness (QED) is 0.723. The second-order valence-corrected chi connectivity index (χ2v) is 7.49.